The topological polar surface area (TPSA) is 167 Å². The minimum Gasteiger partial charge on any atom is -0.387 e. The molecule has 10 heteroatoms. The predicted molar refractivity (Wildman–Crippen MR) is 49.8 cm³/mol. The second-order valence-corrected chi connectivity index (χ2v) is 3.16. The average molecular weight is 230 g/mol. The summed E-state index contributed by atoms with van der Waals surface area (Å²) in [7, 11) is 0. The van der Waals surface area contributed by atoms with Crippen molar-refractivity contribution in [3.63, 3.8) is 0 Å². The van der Waals surface area contributed by atoms with E-state index in [4.69, 9.17) is 20.9 Å². The van der Waals surface area contributed by atoms with Crippen molar-refractivity contribution in [2.75, 3.05) is 6.54 Å². The summed E-state index contributed by atoms with van der Waals surface area (Å²) in [6.07, 6.45) is -5.54. The number of nitrogens with zero attached hydrogens (tertiary/aromatic N) is 6. The summed E-state index contributed by atoms with van der Waals surface area (Å²) in [5.41, 5.74) is 16.4. The molecule has 10 nitrogen and oxygen atoms in total. The van der Waals surface area contributed by atoms with Gasteiger partial charge in [0.1, 0.15) is 12.2 Å². The lowest BCUT2D eigenvalue weighted by Crippen LogP contribution is -2.39. The van der Waals surface area contributed by atoms with Crippen LogP contribution in [0.2, 0.25) is 0 Å². The van der Waals surface area contributed by atoms with Gasteiger partial charge in [-0.15, -0.1) is 0 Å². The summed E-state index contributed by atoms with van der Waals surface area (Å²) in [6.45, 7) is -0.234. The highest BCUT2D eigenvalue weighted by Gasteiger charge is 2.45. The van der Waals surface area contributed by atoms with Crippen molar-refractivity contribution in [3.8, 4) is 0 Å². The van der Waals surface area contributed by atoms with Gasteiger partial charge in [-0.3, -0.25) is 0 Å². The number of ether oxygens (including phenoxy) is 1. The van der Waals surface area contributed by atoms with Crippen LogP contribution in [-0.2, 0) is 4.74 Å². The molecule has 0 saturated carbocycles. The van der Waals surface area contributed by atoms with E-state index < -0.39 is 30.6 Å². The van der Waals surface area contributed by atoms with Gasteiger partial charge in [0.15, 0.2) is 6.29 Å². The van der Waals surface area contributed by atoms with Crippen LogP contribution >= 0.6 is 0 Å². The molecule has 0 bridgehead atoms. The van der Waals surface area contributed by atoms with Crippen molar-refractivity contribution >= 4 is 0 Å². The third kappa shape index (κ3) is 2.52. The molecule has 3 N–H and O–H groups in total. The highest BCUT2D eigenvalue weighted by atomic mass is 16.6. The van der Waals surface area contributed by atoms with E-state index in [1.54, 1.807) is 0 Å². The monoisotopic (exact) mass is 230 g/mol. The van der Waals surface area contributed by atoms with E-state index >= 15 is 0 Å². The lowest BCUT2D eigenvalue weighted by atomic mass is 10.0. The molecule has 88 valence electrons. The second kappa shape index (κ2) is 5.52. The Morgan fingerprint density at radius 1 is 1.19 bits per heavy atom. The number of rotatable bonds is 4. The Morgan fingerprint density at radius 2 is 1.88 bits per heavy atom. The maximum atomic E-state index is 9.47. The summed E-state index contributed by atoms with van der Waals surface area (Å²) in [5.74, 6) is 0. The Labute approximate surface area is 89.3 Å². The van der Waals surface area contributed by atoms with Crippen molar-refractivity contribution in [3.05, 3.63) is 20.9 Å². The van der Waals surface area contributed by atoms with Crippen LogP contribution in [0.5, 0.6) is 0 Å². The van der Waals surface area contributed by atoms with Gasteiger partial charge >= 0.3 is 0 Å². The number of hydrogen-bond acceptors (Lipinski definition) is 6. The first-order chi connectivity index (χ1) is 7.61. The summed E-state index contributed by atoms with van der Waals surface area (Å²) in [5, 5.41) is 34.3. The predicted octanol–water partition coefficient (Wildman–Crippen LogP) is -0.585. The van der Waals surface area contributed by atoms with Crippen LogP contribution in [0.4, 0.5) is 0 Å². The van der Waals surface area contributed by atoms with Crippen molar-refractivity contribution in [2.45, 2.75) is 30.6 Å². The van der Waals surface area contributed by atoms with Gasteiger partial charge in [0.05, 0.1) is 12.1 Å². The molecule has 1 unspecified atom stereocenters. The van der Waals surface area contributed by atoms with E-state index in [2.05, 4.69) is 20.1 Å². The van der Waals surface area contributed by atoms with Gasteiger partial charge in [0.25, 0.3) is 0 Å². The van der Waals surface area contributed by atoms with E-state index in [1.807, 2.05) is 0 Å². The lowest BCUT2D eigenvalue weighted by molar-refractivity contribution is -0.129. The molecule has 0 aliphatic carbocycles. The summed E-state index contributed by atoms with van der Waals surface area (Å²) in [6, 6.07) is -0.984. The zero-order valence-corrected chi connectivity index (χ0v) is 8.03. The molecule has 0 spiro atoms. The molecule has 1 aliphatic rings. The molecular formula is C6H10N6O4. The molecule has 0 aromatic carbocycles. The average Bonchev–Trinajstić information content (AvgIpc) is 2.52. The van der Waals surface area contributed by atoms with Crippen LogP contribution in [0, 0.1) is 0 Å². The van der Waals surface area contributed by atoms with Crippen LogP contribution in [0.25, 0.3) is 20.9 Å². The summed E-state index contributed by atoms with van der Waals surface area (Å²) >= 11 is 0. The molecule has 0 radical (unpaired) electrons. The van der Waals surface area contributed by atoms with Crippen molar-refractivity contribution in [1.82, 2.24) is 0 Å². The van der Waals surface area contributed by atoms with Crippen LogP contribution in [-0.4, -0.2) is 52.5 Å². The minimum absolute atomic E-state index is 0.234. The van der Waals surface area contributed by atoms with Gasteiger partial charge in [-0.05, 0) is 11.1 Å². The fraction of sp³-hybridized carbons (Fsp3) is 1.00. The van der Waals surface area contributed by atoms with Crippen LogP contribution < -0.4 is 0 Å². The van der Waals surface area contributed by atoms with Gasteiger partial charge < -0.3 is 20.1 Å². The Kier molecular flexibility index (Phi) is 4.32. The van der Waals surface area contributed by atoms with Gasteiger partial charge in [0, 0.05) is 16.4 Å². The molecule has 5 atom stereocenters. The van der Waals surface area contributed by atoms with Gasteiger partial charge in [-0.2, -0.15) is 0 Å². The summed E-state index contributed by atoms with van der Waals surface area (Å²) in [4.78, 5) is 4.98. The van der Waals surface area contributed by atoms with Crippen LogP contribution in [0.15, 0.2) is 10.2 Å². The molecule has 16 heavy (non-hydrogen) atoms. The Balaban J connectivity index is 2.79. The van der Waals surface area contributed by atoms with Crippen molar-refractivity contribution in [2.24, 2.45) is 10.2 Å². The zero-order chi connectivity index (χ0) is 12.1. The van der Waals surface area contributed by atoms with Crippen LogP contribution in [0.1, 0.15) is 0 Å². The second-order valence-electron chi connectivity index (χ2n) is 3.16. The quantitative estimate of drug-likeness (QED) is 0.333. The molecule has 1 rings (SSSR count). The van der Waals surface area contributed by atoms with E-state index in [0.717, 1.165) is 0 Å². The van der Waals surface area contributed by atoms with Gasteiger partial charge in [0.2, 0.25) is 0 Å². The van der Waals surface area contributed by atoms with E-state index in [9.17, 15) is 10.2 Å². The molecule has 0 aromatic rings. The van der Waals surface area contributed by atoms with Gasteiger partial charge in [-0.1, -0.05) is 10.2 Å². The fourth-order valence-electron chi connectivity index (χ4n) is 1.40. The van der Waals surface area contributed by atoms with E-state index in [-0.39, 0.29) is 6.54 Å². The van der Waals surface area contributed by atoms with Crippen molar-refractivity contribution < 1.29 is 20.1 Å². The molecule has 1 aliphatic heterocycles. The molecular weight excluding hydrogens is 220 g/mol. The zero-order valence-electron chi connectivity index (χ0n) is 8.03. The largest absolute Gasteiger partial charge is 0.387 e. The molecule has 1 saturated heterocycles. The molecule has 1 fully saturated rings. The number of azide groups is 2. The molecule has 1 heterocycles. The first-order valence-corrected chi connectivity index (χ1v) is 4.36. The SMILES string of the molecule is [N-]=[N+]=NC[C@@H](N=[N+]=[N-])[C@H]1OC(O)[C@H](O)[C@H]1O. The fourth-order valence-corrected chi connectivity index (χ4v) is 1.40. The molecule has 0 amide bonds. The highest BCUT2D eigenvalue weighted by molar-refractivity contribution is 4.94. The first-order valence-electron chi connectivity index (χ1n) is 4.36. The third-order valence-electron chi connectivity index (χ3n) is 2.19. The number of aliphatic hydroxyl groups is 3. The Bertz CT molecular complexity index is 338. The van der Waals surface area contributed by atoms with E-state index in [1.165, 1.54) is 0 Å². The number of hydrogen-bond donors (Lipinski definition) is 3. The standard InChI is InChI=1S/C6H10N6O4/c7-11-9-1-2(10-12-8)5-3(13)4(14)6(15)16-5/h2-6,13-15H,1H2/t2-,3-,4-,5-,6?/m1/s1. The molecule has 0 aromatic heterocycles. The Morgan fingerprint density at radius 3 is 2.31 bits per heavy atom. The first kappa shape index (κ1) is 12.5. The number of aliphatic hydroxyl groups excluding tert-OH is 3. The van der Waals surface area contributed by atoms with Gasteiger partial charge in [-0.25, -0.2) is 0 Å². The lowest BCUT2D eigenvalue weighted by Gasteiger charge is -2.19. The van der Waals surface area contributed by atoms with Crippen LogP contribution in [0.3, 0.4) is 0 Å². The third-order valence-corrected chi connectivity index (χ3v) is 2.19. The smallest absolute Gasteiger partial charge is 0.183 e. The van der Waals surface area contributed by atoms with Crippen molar-refractivity contribution in [1.29, 1.82) is 0 Å². The minimum atomic E-state index is -1.55. The Hall–Kier alpha value is -1.54. The highest BCUT2D eigenvalue weighted by Crippen LogP contribution is 2.24. The maximum absolute atomic E-state index is 9.47. The normalized spacial score (nSPS) is 34.9. The summed E-state index contributed by atoms with van der Waals surface area (Å²) < 4.78 is 4.80. The van der Waals surface area contributed by atoms with E-state index in [0.29, 0.717) is 0 Å². The maximum Gasteiger partial charge on any atom is 0.183 e.